The number of amides is 1. The highest BCUT2D eigenvalue weighted by molar-refractivity contribution is 9.10. The number of furan rings is 1. The molecule has 2 heterocycles. The summed E-state index contributed by atoms with van der Waals surface area (Å²) in [7, 11) is 1.25. The van der Waals surface area contributed by atoms with Gasteiger partial charge in [0.1, 0.15) is 12.1 Å². The summed E-state index contributed by atoms with van der Waals surface area (Å²) in [4.78, 5) is 26.0. The number of carbonyl (C=O) groups is 2. The second-order valence-electron chi connectivity index (χ2n) is 5.51. The molecule has 0 unspecified atom stereocenters. The van der Waals surface area contributed by atoms with Gasteiger partial charge in [0.05, 0.1) is 13.7 Å². The minimum atomic E-state index is -0.821. The van der Waals surface area contributed by atoms with Crippen LogP contribution in [-0.2, 0) is 9.53 Å². The Morgan fingerprint density at radius 2 is 2.04 bits per heavy atom. The van der Waals surface area contributed by atoms with Gasteiger partial charge in [-0.2, -0.15) is 0 Å². The first-order valence-corrected chi connectivity index (χ1v) is 8.34. The number of benzene rings is 1. The largest absolute Gasteiger partial charge is 0.485 e. The maximum atomic E-state index is 13.8. The molecule has 0 N–H and O–H groups in total. The highest BCUT2D eigenvalue weighted by Crippen LogP contribution is 2.27. The fourth-order valence-electron chi connectivity index (χ4n) is 2.76. The van der Waals surface area contributed by atoms with E-state index in [9.17, 15) is 14.0 Å². The van der Waals surface area contributed by atoms with E-state index < -0.39 is 29.8 Å². The summed E-state index contributed by atoms with van der Waals surface area (Å²) < 4.78 is 29.9. The Kier molecular flexibility index (Phi) is 5.08. The molecule has 0 aliphatic carbocycles. The predicted octanol–water partition coefficient (Wildman–Crippen LogP) is 3.02. The van der Waals surface area contributed by atoms with Crippen LogP contribution in [0.1, 0.15) is 17.0 Å². The number of carbonyl (C=O) groups excluding carboxylic acids is 2. The van der Waals surface area contributed by atoms with E-state index >= 15 is 0 Å². The number of halogens is 2. The standard InChI is InChI=1S/C17H15BrFNO5/c1-23-17(22)12-8-10(24-13-5-3-2-4-11(13)19)9-20(12)16(21)14-6-7-15(18)25-14/h2-7,10,12H,8-9H2,1H3/t10-,12-/m0/s1. The molecule has 8 heteroatoms. The fraction of sp³-hybridized carbons (Fsp3) is 0.294. The van der Waals surface area contributed by atoms with E-state index in [0.717, 1.165) is 0 Å². The predicted molar refractivity (Wildman–Crippen MR) is 88.7 cm³/mol. The summed E-state index contributed by atoms with van der Waals surface area (Å²) in [5.41, 5.74) is 0. The summed E-state index contributed by atoms with van der Waals surface area (Å²) in [6, 6.07) is 8.25. The number of methoxy groups -OCH3 is 1. The lowest BCUT2D eigenvalue weighted by Gasteiger charge is -2.21. The van der Waals surface area contributed by atoms with Crippen molar-refractivity contribution in [3.8, 4) is 5.75 Å². The normalized spacial score (nSPS) is 19.7. The van der Waals surface area contributed by atoms with Gasteiger partial charge in [0, 0.05) is 6.42 Å². The molecule has 6 nitrogen and oxygen atoms in total. The molecule has 3 rings (SSSR count). The van der Waals surface area contributed by atoms with Gasteiger partial charge in [0.25, 0.3) is 5.91 Å². The zero-order chi connectivity index (χ0) is 18.0. The van der Waals surface area contributed by atoms with Crippen molar-refractivity contribution in [3.05, 3.63) is 52.6 Å². The van der Waals surface area contributed by atoms with Gasteiger partial charge in [-0.3, -0.25) is 4.79 Å². The Balaban J connectivity index is 1.80. The van der Waals surface area contributed by atoms with Crippen molar-refractivity contribution in [1.82, 2.24) is 4.90 Å². The first-order valence-electron chi connectivity index (χ1n) is 7.55. The molecule has 1 aliphatic heterocycles. The van der Waals surface area contributed by atoms with Crippen LogP contribution in [0.15, 0.2) is 45.5 Å². The molecule has 1 aromatic heterocycles. The van der Waals surface area contributed by atoms with Crippen molar-refractivity contribution < 1.29 is 27.9 Å². The lowest BCUT2D eigenvalue weighted by Crippen LogP contribution is -2.41. The molecular weight excluding hydrogens is 397 g/mol. The molecule has 25 heavy (non-hydrogen) atoms. The first-order chi connectivity index (χ1) is 12.0. The molecule has 2 aromatic rings. The van der Waals surface area contributed by atoms with Crippen LogP contribution in [0, 0.1) is 5.82 Å². The monoisotopic (exact) mass is 411 g/mol. The second-order valence-corrected chi connectivity index (χ2v) is 6.29. The molecule has 0 spiro atoms. The van der Waals surface area contributed by atoms with Crippen LogP contribution in [0.2, 0.25) is 0 Å². The fourth-order valence-corrected chi connectivity index (χ4v) is 3.06. The SMILES string of the molecule is COC(=O)[C@@H]1C[C@H](Oc2ccccc2F)CN1C(=O)c1ccc(Br)o1. The van der Waals surface area contributed by atoms with Gasteiger partial charge in [-0.15, -0.1) is 0 Å². The number of hydrogen-bond acceptors (Lipinski definition) is 5. The third-order valence-corrected chi connectivity index (χ3v) is 4.34. The highest BCUT2D eigenvalue weighted by Gasteiger charge is 2.42. The van der Waals surface area contributed by atoms with E-state index in [2.05, 4.69) is 15.9 Å². The highest BCUT2D eigenvalue weighted by atomic mass is 79.9. The van der Waals surface area contributed by atoms with Gasteiger partial charge in [0.2, 0.25) is 0 Å². The minimum Gasteiger partial charge on any atom is -0.485 e. The number of hydrogen-bond donors (Lipinski definition) is 0. The summed E-state index contributed by atoms with van der Waals surface area (Å²) in [6.07, 6.45) is -0.336. The van der Waals surface area contributed by atoms with Crippen molar-refractivity contribution in [2.24, 2.45) is 0 Å². The van der Waals surface area contributed by atoms with Gasteiger partial charge < -0.3 is 18.8 Å². The molecule has 0 radical (unpaired) electrons. The Hall–Kier alpha value is -2.35. The molecule has 0 saturated carbocycles. The quantitative estimate of drug-likeness (QED) is 0.723. The average molecular weight is 412 g/mol. The third kappa shape index (κ3) is 3.68. The zero-order valence-electron chi connectivity index (χ0n) is 13.3. The molecular formula is C17H15BrFNO5. The number of ether oxygens (including phenoxy) is 2. The van der Waals surface area contributed by atoms with Crippen molar-refractivity contribution in [2.45, 2.75) is 18.6 Å². The maximum absolute atomic E-state index is 13.8. The van der Waals surface area contributed by atoms with Gasteiger partial charge in [-0.05, 0) is 40.2 Å². The minimum absolute atomic E-state index is 0.0751. The molecule has 1 saturated heterocycles. The van der Waals surface area contributed by atoms with Crippen molar-refractivity contribution in [1.29, 1.82) is 0 Å². The van der Waals surface area contributed by atoms with Gasteiger partial charge in [-0.1, -0.05) is 12.1 Å². The van der Waals surface area contributed by atoms with Gasteiger partial charge in [-0.25, -0.2) is 9.18 Å². The Morgan fingerprint density at radius 1 is 1.28 bits per heavy atom. The molecule has 1 amide bonds. The van der Waals surface area contributed by atoms with Crippen LogP contribution in [0.4, 0.5) is 4.39 Å². The van der Waals surface area contributed by atoms with Gasteiger partial charge >= 0.3 is 5.97 Å². The first kappa shape index (κ1) is 17.5. The van der Waals surface area contributed by atoms with E-state index in [4.69, 9.17) is 13.9 Å². The second kappa shape index (κ2) is 7.26. The van der Waals surface area contributed by atoms with E-state index in [1.165, 1.54) is 30.2 Å². The molecule has 1 fully saturated rings. The summed E-state index contributed by atoms with van der Waals surface area (Å²) in [5, 5.41) is 0. The van der Waals surface area contributed by atoms with Crippen molar-refractivity contribution in [3.63, 3.8) is 0 Å². The van der Waals surface area contributed by atoms with Crippen LogP contribution in [0.25, 0.3) is 0 Å². The third-order valence-electron chi connectivity index (χ3n) is 3.91. The zero-order valence-corrected chi connectivity index (χ0v) is 14.9. The van der Waals surface area contributed by atoms with Crippen LogP contribution in [-0.4, -0.2) is 42.6 Å². The molecule has 0 bridgehead atoms. The Bertz CT molecular complexity index is 793. The summed E-state index contributed by atoms with van der Waals surface area (Å²) in [6.45, 7) is 0.116. The lowest BCUT2D eigenvalue weighted by atomic mass is 10.2. The molecule has 1 aliphatic rings. The topological polar surface area (TPSA) is 69.0 Å². The van der Waals surface area contributed by atoms with E-state index in [0.29, 0.717) is 4.67 Å². The van der Waals surface area contributed by atoms with Crippen LogP contribution in [0.5, 0.6) is 5.75 Å². The van der Waals surface area contributed by atoms with Crippen LogP contribution in [0.3, 0.4) is 0 Å². The molecule has 2 atom stereocenters. The smallest absolute Gasteiger partial charge is 0.328 e. The summed E-state index contributed by atoms with van der Waals surface area (Å²) in [5.74, 6) is -1.35. The van der Waals surface area contributed by atoms with E-state index in [1.54, 1.807) is 18.2 Å². The number of rotatable bonds is 4. The molecule has 132 valence electrons. The Labute approximate surface area is 151 Å². The van der Waals surface area contributed by atoms with Crippen LogP contribution < -0.4 is 4.74 Å². The number of likely N-dealkylation sites (tertiary alicyclic amines) is 1. The van der Waals surface area contributed by atoms with Crippen molar-refractivity contribution in [2.75, 3.05) is 13.7 Å². The number of esters is 1. The van der Waals surface area contributed by atoms with E-state index in [-0.39, 0.29) is 24.5 Å². The Morgan fingerprint density at radius 3 is 2.68 bits per heavy atom. The van der Waals surface area contributed by atoms with Crippen molar-refractivity contribution >= 4 is 27.8 Å². The van der Waals surface area contributed by atoms with E-state index in [1.807, 2.05) is 0 Å². The number of para-hydroxylation sites is 1. The summed E-state index contributed by atoms with van der Waals surface area (Å²) >= 11 is 3.14. The lowest BCUT2D eigenvalue weighted by molar-refractivity contribution is -0.145. The molecule has 1 aromatic carbocycles. The van der Waals surface area contributed by atoms with Crippen LogP contribution >= 0.6 is 15.9 Å². The number of nitrogens with zero attached hydrogens (tertiary/aromatic N) is 1. The van der Waals surface area contributed by atoms with Gasteiger partial charge in [0.15, 0.2) is 22.0 Å². The average Bonchev–Trinajstić information content (AvgIpc) is 3.22. The maximum Gasteiger partial charge on any atom is 0.328 e.